The summed E-state index contributed by atoms with van der Waals surface area (Å²) < 4.78 is 13.6. The highest BCUT2D eigenvalue weighted by atomic mass is 35.5. The molecule has 0 spiro atoms. The van der Waals surface area contributed by atoms with E-state index < -0.39 is 0 Å². The molecule has 0 bridgehead atoms. The van der Waals surface area contributed by atoms with Crippen LogP contribution in [0.25, 0.3) is 0 Å². The van der Waals surface area contributed by atoms with Crippen LogP contribution in [-0.2, 0) is 0 Å². The normalized spacial score (nSPS) is 12.4. The van der Waals surface area contributed by atoms with Gasteiger partial charge in [0.1, 0.15) is 5.82 Å². The predicted molar refractivity (Wildman–Crippen MR) is 78.0 cm³/mol. The fourth-order valence-corrected chi connectivity index (χ4v) is 2.32. The molecule has 3 heteroatoms. The summed E-state index contributed by atoms with van der Waals surface area (Å²) in [6, 6.07) is 14.8. The first-order chi connectivity index (χ1) is 9.24. The number of halogens is 2. The molecule has 0 aliphatic rings. The van der Waals surface area contributed by atoms with E-state index in [0.29, 0.717) is 0 Å². The van der Waals surface area contributed by atoms with Gasteiger partial charge in [0.2, 0.25) is 0 Å². The number of hydrogen-bond donors (Lipinski definition) is 1. The van der Waals surface area contributed by atoms with Crippen molar-refractivity contribution in [3.05, 3.63) is 70.5 Å². The van der Waals surface area contributed by atoms with Crippen molar-refractivity contribution in [2.75, 3.05) is 6.54 Å². The number of rotatable bonds is 5. The molecule has 0 saturated carbocycles. The van der Waals surface area contributed by atoms with Gasteiger partial charge in [0, 0.05) is 0 Å². The lowest BCUT2D eigenvalue weighted by atomic mass is 9.98. The Morgan fingerprint density at radius 2 is 1.84 bits per heavy atom. The van der Waals surface area contributed by atoms with Gasteiger partial charge in [-0.3, -0.25) is 0 Å². The minimum Gasteiger partial charge on any atom is -0.306 e. The second kappa shape index (κ2) is 6.69. The average Bonchev–Trinajstić information content (AvgIpc) is 2.45. The van der Waals surface area contributed by atoms with Crippen molar-refractivity contribution < 1.29 is 4.39 Å². The van der Waals surface area contributed by atoms with Crippen LogP contribution in [0.5, 0.6) is 0 Å². The van der Waals surface area contributed by atoms with Gasteiger partial charge in [-0.2, -0.15) is 0 Å². The third kappa shape index (κ3) is 3.34. The van der Waals surface area contributed by atoms with Crippen LogP contribution in [0.3, 0.4) is 0 Å². The molecule has 2 aromatic rings. The maximum absolute atomic E-state index is 13.6. The summed E-state index contributed by atoms with van der Waals surface area (Å²) in [4.78, 5) is 0. The molecular weight excluding hydrogens is 261 g/mol. The molecule has 0 amide bonds. The van der Waals surface area contributed by atoms with Gasteiger partial charge in [-0.25, -0.2) is 4.39 Å². The Bertz CT molecular complexity index is 528. The first-order valence-corrected chi connectivity index (χ1v) is 6.84. The second-order valence-corrected chi connectivity index (χ2v) is 4.82. The zero-order valence-electron chi connectivity index (χ0n) is 10.9. The lowest BCUT2D eigenvalue weighted by Crippen LogP contribution is -2.23. The molecule has 1 atom stereocenters. The van der Waals surface area contributed by atoms with Crippen molar-refractivity contribution in [2.45, 2.75) is 19.4 Å². The highest BCUT2D eigenvalue weighted by molar-refractivity contribution is 6.31. The molecule has 1 unspecified atom stereocenters. The Hall–Kier alpha value is -1.38. The SMILES string of the molecule is CCCNC(c1ccccc1)c1cccc(F)c1Cl. The predicted octanol–water partition coefficient (Wildman–Crippen LogP) is 4.57. The third-order valence-electron chi connectivity index (χ3n) is 3.02. The monoisotopic (exact) mass is 277 g/mol. The summed E-state index contributed by atoms with van der Waals surface area (Å²) in [5, 5.41) is 3.61. The summed E-state index contributed by atoms with van der Waals surface area (Å²) in [6.07, 6.45) is 1.01. The Kier molecular flexibility index (Phi) is 4.94. The second-order valence-electron chi connectivity index (χ2n) is 4.44. The summed E-state index contributed by atoms with van der Waals surface area (Å²) in [5.74, 6) is -0.376. The van der Waals surface area contributed by atoms with Crippen molar-refractivity contribution in [1.82, 2.24) is 5.32 Å². The van der Waals surface area contributed by atoms with Crippen molar-refractivity contribution >= 4 is 11.6 Å². The molecule has 1 nitrogen and oxygen atoms in total. The van der Waals surface area contributed by atoms with Crippen molar-refractivity contribution in [1.29, 1.82) is 0 Å². The summed E-state index contributed by atoms with van der Waals surface area (Å²) in [6.45, 7) is 2.95. The van der Waals surface area contributed by atoms with E-state index in [1.807, 2.05) is 36.4 Å². The van der Waals surface area contributed by atoms with Gasteiger partial charge >= 0.3 is 0 Å². The van der Waals surface area contributed by atoms with Gasteiger partial charge < -0.3 is 5.32 Å². The van der Waals surface area contributed by atoms with E-state index in [1.54, 1.807) is 6.07 Å². The molecule has 2 aromatic carbocycles. The van der Waals surface area contributed by atoms with E-state index in [1.165, 1.54) is 6.07 Å². The van der Waals surface area contributed by atoms with Crippen LogP contribution < -0.4 is 5.32 Å². The van der Waals surface area contributed by atoms with E-state index in [-0.39, 0.29) is 16.9 Å². The number of nitrogens with one attached hydrogen (secondary N) is 1. The van der Waals surface area contributed by atoms with Gasteiger partial charge in [-0.15, -0.1) is 0 Å². The first-order valence-electron chi connectivity index (χ1n) is 6.46. The summed E-state index contributed by atoms with van der Waals surface area (Å²) in [5.41, 5.74) is 1.87. The topological polar surface area (TPSA) is 12.0 Å². The fraction of sp³-hybridized carbons (Fsp3) is 0.250. The molecule has 0 radical (unpaired) electrons. The minimum atomic E-state index is -0.376. The number of hydrogen-bond acceptors (Lipinski definition) is 1. The Morgan fingerprint density at radius 1 is 1.11 bits per heavy atom. The van der Waals surface area contributed by atoms with Crippen LogP contribution in [0, 0.1) is 5.82 Å². The fourth-order valence-electron chi connectivity index (χ4n) is 2.08. The van der Waals surface area contributed by atoms with E-state index in [4.69, 9.17) is 11.6 Å². The van der Waals surface area contributed by atoms with Crippen LogP contribution in [0.2, 0.25) is 5.02 Å². The molecule has 2 rings (SSSR count). The molecule has 0 saturated heterocycles. The maximum atomic E-state index is 13.6. The zero-order chi connectivity index (χ0) is 13.7. The van der Waals surface area contributed by atoms with E-state index in [9.17, 15) is 4.39 Å². The van der Waals surface area contributed by atoms with Crippen LogP contribution in [0.1, 0.15) is 30.5 Å². The van der Waals surface area contributed by atoms with Crippen LogP contribution in [0.4, 0.5) is 4.39 Å². The van der Waals surface area contributed by atoms with Crippen molar-refractivity contribution in [3.8, 4) is 0 Å². The Balaban J connectivity index is 2.40. The van der Waals surface area contributed by atoms with Gasteiger partial charge in [-0.05, 0) is 30.2 Å². The largest absolute Gasteiger partial charge is 0.306 e. The average molecular weight is 278 g/mol. The van der Waals surface area contributed by atoms with Crippen molar-refractivity contribution in [2.24, 2.45) is 0 Å². The van der Waals surface area contributed by atoms with Crippen LogP contribution in [0.15, 0.2) is 48.5 Å². The molecule has 0 aromatic heterocycles. The minimum absolute atomic E-state index is 0.0793. The molecule has 0 aliphatic carbocycles. The van der Waals surface area contributed by atoms with Gasteiger partial charge in [0.05, 0.1) is 11.1 Å². The molecule has 0 heterocycles. The summed E-state index contributed by atoms with van der Waals surface area (Å²) >= 11 is 6.10. The van der Waals surface area contributed by atoms with Crippen LogP contribution >= 0.6 is 11.6 Å². The zero-order valence-corrected chi connectivity index (χ0v) is 11.6. The highest BCUT2D eigenvalue weighted by Crippen LogP contribution is 2.30. The van der Waals surface area contributed by atoms with Gasteiger partial charge in [0.25, 0.3) is 0 Å². The van der Waals surface area contributed by atoms with Gasteiger partial charge in [0.15, 0.2) is 0 Å². The summed E-state index contributed by atoms with van der Waals surface area (Å²) in [7, 11) is 0. The molecule has 0 aliphatic heterocycles. The first kappa shape index (κ1) is 14.0. The molecule has 0 fully saturated rings. The van der Waals surface area contributed by atoms with Gasteiger partial charge in [-0.1, -0.05) is 61.0 Å². The van der Waals surface area contributed by atoms with E-state index in [2.05, 4.69) is 12.2 Å². The Morgan fingerprint density at radius 3 is 2.53 bits per heavy atom. The maximum Gasteiger partial charge on any atom is 0.142 e. The molecule has 19 heavy (non-hydrogen) atoms. The standard InChI is InChI=1S/C16H17ClFN/c1-2-11-19-16(12-7-4-3-5-8-12)13-9-6-10-14(18)15(13)17/h3-10,16,19H,2,11H2,1H3. The lowest BCUT2D eigenvalue weighted by Gasteiger charge is -2.21. The number of benzene rings is 2. The molecular formula is C16H17ClFN. The third-order valence-corrected chi connectivity index (χ3v) is 3.42. The molecule has 100 valence electrons. The van der Waals surface area contributed by atoms with Crippen molar-refractivity contribution in [3.63, 3.8) is 0 Å². The highest BCUT2D eigenvalue weighted by Gasteiger charge is 2.17. The van der Waals surface area contributed by atoms with E-state index in [0.717, 1.165) is 24.1 Å². The lowest BCUT2D eigenvalue weighted by molar-refractivity contribution is 0.586. The molecule has 1 N–H and O–H groups in total. The smallest absolute Gasteiger partial charge is 0.142 e. The van der Waals surface area contributed by atoms with Crippen LogP contribution in [-0.4, -0.2) is 6.54 Å². The van der Waals surface area contributed by atoms with E-state index >= 15 is 0 Å². The Labute approximate surface area is 118 Å². The quantitative estimate of drug-likeness (QED) is 0.844.